The van der Waals surface area contributed by atoms with E-state index in [1.54, 1.807) is 24.3 Å². The van der Waals surface area contributed by atoms with Gasteiger partial charge in [0, 0.05) is 16.3 Å². The highest BCUT2D eigenvalue weighted by Crippen LogP contribution is 2.25. The highest BCUT2D eigenvalue weighted by Gasteiger charge is 2.17. The maximum absolute atomic E-state index is 11.2. The molecule has 4 N–H and O–H groups in total. The molecule has 1 heterocycles. The zero-order chi connectivity index (χ0) is 15.6. The number of hydrogen-bond acceptors (Lipinski definition) is 7. The lowest BCUT2D eigenvalue weighted by molar-refractivity contribution is 0.0993. The lowest BCUT2D eigenvalue weighted by Gasteiger charge is -2.07. The molecular formula is C13H11N5O3. The first-order chi connectivity index (χ1) is 9.93. The lowest BCUT2D eigenvalue weighted by Crippen LogP contribution is -2.10. The molecule has 1 amide bonds. The Morgan fingerprint density at radius 2 is 1.67 bits per heavy atom. The van der Waals surface area contributed by atoms with Crippen LogP contribution in [0.2, 0.25) is 0 Å². The van der Waals surface area contributed by atoms with E-state index < -0.39 is 5.91 Å². The minimum atomic E-state index is -1.13. The summed E-state index contributed by atoms with van der Waals surface area (Å²) in [4.78, 5) is 40.4. The fraction of sp³-hybridized carbons (Fsp3) is 0.0769. The van der Waals surface area contributed by atoms with Crippen molar-refractivity contribution < 1.29 is 9.59 Å². The number of benzene rings is 1. The fourth-order valence-electron chi connectivity index (χ4n) is 1.74. The number of ketones is 1. The van der Waals surface area contributed by atoms with Gasteiger partial charge in [0.15, 0.2) is 23.1 Å². The Kier molecular flexibility index (Phi) is 3.70. The zero-order valence-corrected chi connectivity index (χ0v) is 11.0. The van der Waals surface area contributed by atoms with E-state index >= 15 is 0 Å². The molecule has 0 bridgehead atoms. The number of nitrogens with two attached hydrogens (primary N) is 2. The number of Topliss-reactive ketones (excluding diaryl/α,β-unsaturated/α-hetero) is 1. The van der Waals surface area contributed by atoms with Crippen LogP contribution >= 0.6 is 0 Å². The third-order valence-electron chi connectivity index (χ3n) is 2.80. The topological polar surface area (TPSA) is 141 Å². The second-order valence-corrected chi connectivity index (χ2v) is 4.22. The van der Waals surface area contributed by atoms with Crippen molar-refractivity contribution in [2.24, 2.45) is 5.18 Å². The predicted octanol–water partition coefficient (Wildman–Crippen LogP) is 1.42. The van der Waals surface area contributed by atoms with E-state index in [1.807, 2.05) is 0 Å². The molecule has 8 nitrogen and oxygen atoms in total. The van der Waals surface area contributed by atoms with Gasteiger partial charge in [0.05, 0.1) is 0 Å². The first-order valence-corrected chi connectivity index (χ1v) is 5.86. The largest absolute Gasteiger partial charge is 0.382 e. The number of anilines is 2. The summed E-state index contributed by atoms with van der Waals surface area (Å²) in [6, 6.07) is 6.49. The molecule has 1 aromatic heterocycles. The summed E-state index contributed by atoms with van der Waals surface area (Å²) in [6.45, 7) is 1.45. The molecule has 8 heteroatoms. The molecule has 0 saturated carbocycles. The summed E-state index contributed by atoms with van der Waals surface area (Å²) in [6.07, 6.45) is 0. The van der Waals surface area contributed by atoms with E-state index in [9.17, 15) is 14.5 Å². The molecule has 0 aliphatic heterocycles. The maximum atomic E-state index is 11.2. The van der Waals surface area contributed by atoms with Crippen LogP contribution in [-0.4, -0.2) is 21.7 Å². The SMILES string of the molecule is CC(=O)c1ccc(-c2nc(N)c(C(=O)N=O)nc2N)cc1. The molecule has 0 spiro atoms. The van der Waals surface area contributed by atoms with Gasteiger partial charge in [-0.1, -0.05) is 24.3 Å². The minimum Gasteiger partial charge on any atom is -0.382 e. The van der Waals surface area contributed by atoms with Crippen LogP contribution < -0.4 is 11.5 Å². The summed E-state index contributed by atoms with van der Waals surface area (Å²) in [5.41, 5.74) is 12.3. The van der Waals surface area contributed by atoms with E-state index in [1.165, 1.54) is 6.92 Å². The molecule has 2 rings (SSSR count). The van der Waals surface area contributed by atoms with Gasteiger partial charge >= 0.3 is 5.91 Å². The van der Waals surface area contributed by atoms with Crippen LogP contribution in [0.3, 0.4) is 0 Å². The molecule has 0 aliphatic carbocycles. The molecule has 21 heavy (non-hydrogen) atoms. The lowest BCUT2D eigenvalue weighted by atomic mass is 10.1. The number of carbonyl (C=O) groups is 2. The minimum absolute atomic E-state index is 0.0632. The summed E-state index contributed by atoms with van der Waals surface area (Å²) in [5.74, 6) is -1.51. The van der Waals surface area contributed by atoms with Crippen molar-refractivity contribution in [1.29, 1.82) is 0 Å². The average Bonchev–Trinajstić information content (AvgIpc) is 2.48. The highest BCUT2D eigenvalue weighted by atomic mass is 16.3. The molecular weight excluding hydrogens is 274 g/mol. The monoisotopic (exact) mass is 285 g/mol. The Bertz CT molecular complexity index is 740. The van der Waals surface area contributed by atoms with E-state index in [4.69, 9.17) is 11.5 Å². The van der Waals surface area contributed by atoms with Crippen molar-refractivity contribution >= 4 is 23.3 Å². The van der Waals surface area contributed by atoms with Crippen LogP contribution in [0, 0.1) is 4.91 Å². The number of aromatic nitrogens is 2. The van der Waals surface area contributed by atoms with Gasteiger partial charge in [-0.25, -0.2) is 9.97 Å². The van der Waals surface area contributed by atoms with Gasteiger partial charge in [0.2, 0.25) is 0 Å². The van der Waals surface area contributed by atoms with Gasteiger partial charge in [-0.3, -0.25) is 9.59 Å². The Morgan fingerprint density at radius 3 is 2.19 bits per heavy atom. The Balaban J connectivity index is 2.49. The number of amides is 1. The van der Waals surface area contributed by atoms with Gasteiger partial charge in [0.25, 0.3) is 0 Å². The van der Waals surface area contributed by atoms with Crippen molar-refractivity contribution in [3.63, 3.8) is 0 Å². The molecule has 0 saturated heterocycles. The number of nitrogen functional groups attached to an aromatic ring is 2. The van der Waals surface area contributed by atoms with E-state index in [0.717, 1.165) is 0 Å². The maximum Gasteiger partial charge on any atom is 0.338 e. The van der Waals surface area contributed by atoms with E-state index in [0.29, 0.717) is 11.1 Å². The highest BCUT2D eigenvalue weighted by molar-refractivity contribution is 5.98. The van der Waals surface area contributed by atoms with Gasteiger partial charge in [-0.15, -0.1) is 4.91 Å². The molecule has 1 aromatic carbocycles. The van der Waals surface area contributed by atoms with Crippen molar-refractivity contribution in [3.8, 4) is 11.3 Å². The Hall–Kier alpha value is -3.16. The first-order valence-electron chi connectivity index (χ1n) is 5.86. The van der Waals surface area contributed by atoms with Crippen molar-refractivity contribution in [2.45, 2.75) is 6.92 Å². The number of hydrogen-bond donors (Lipinski definition) is 2. The summed E-state index contributed by atoms with van der Waals surface area (Å²) < 4.78 is 0. The second-order valence-electron chi connectivity index (χ2n) is 4.22. The van der Waals surface area contributed by atoms with Gasteiger partial charge in [-0.2, -0.15) is 0 Å². The standard InChI is InChI=1S/C13H11N5O3/c1-6(19)7-2-4-8(5-3-7)9-11(14)17-10(12(15)16-9)13(20)18-21/h2-5H,1H3,(H2,14,17)(H2,15,16). The molecule has 106 valence electrons. The number of nitroso groups, excluding NO2 is 1. The van der Waals surface area contributed by atoms with E-state index in [-0.39, 0.29) is 28.8 Å². The summed E-state index contributed by atoms with van der Waals surface area (Å²) in [5, 5.41) is 2.23. The Labute approximate surface area is 119 Å². The van der Waals surface area contributed by atoms with Crippen LogP contribution in [0.25, 0.3) is 11.3 Å². The predicted molar refractivity (Wildman–Crippen MR) is 76.4 cm³/mol. The molecule has 0 unspecified atom stereocenters. The third-order valence-corrected chi connectivity index (χ3v) is 2.80. The first kappa shape index (κ1) is 14.3. The van der Waals surface area contributed by atoms with Crippen LogP contribution in [0.5, 0.6) is 0 Å². The van der Waals surface area contributed by atoms with Gasteiger partial charge in [-0.05, 0) is 6.92 Å². The van der Waals surface area contributed by atoms with Gasteiger partial charge < -0.3 is 11.5 Å². The number of carbonyl (C=O) groups excluding carboxylic acids is 2. The Morgan fingerprint density at radius 1 is 1.05 bits per heavy atom. The average molecular weight is 285 g/mol. The van der Waals surface area contributed by atoms with Crippen LogP contribution in [-0.2, 0) is 0 Å². The fourth-order valence-corrected chi connectivity index (χ4v) is 1.74. The van der Waals surface area contributed by atoms with Crippen molar-refractivity contribution in [2.75, 3.05) is 11.5 Å². The zero-order valence-electron chi connectivity index (χ0n) is 11.0. The normalized spacial score (nSPS) is 10.1. The molecule has 0 radical (unpaired) electrons. The number of nitrogens with zero attached hydrogens (tertiary/aromatic N) is 3. The second kappa shape index (κ2) is 5.45. The van der Waals surface area contributed by atoms with Crippen LogP contribution in [0.15, 0.2) is 29.4 Å². The molecule has 0 aliphatic rings. The quantitative estimate of drug-likeness (QED) is 0.641. The van der Waals surface area contributed by atoms with Gasteiger partial charge in [0.1, 0.15) is 5.69 Å². The molecule has 0 fully saturated rings. The van der Waals surface area contributed by atoms with Crippen LogP contribution in [0.1, 0.15) is 27.8 Å². The van der Waals surface area contributed by atoms with Crippen molar-refractivity contribution in [1.82, 2.24) is 9.97 Å². The van der Waals surface area contributed by atoms with Crippen LogP contribution in [0.4, 0.5) is 11.6 Å². The smallest absolute Gasteiger partial charge is 0.338 e. The summed E-state index contributed by atoms with van der Waals surface area (Å²) >= 11 is 0. The van der Waals surface area contributed by atoms with E-state index in [2.05, 4.69) is 15.1 Å². The summed E-state index contributed by atoms with van der Waals surface area (Å²) in [7, 11) is 0. The molecule has 2 aromatic rings. The number of rotatable bonds is 3. The third kappa shape index (κ3) is 2.73. The molecule has 0 atom stereocenters. The van der Waals surface area contributed by atoms with Crippen molar-refractivity contribution in [3.05, 3.63) is 40.4 Å².